The van der Waals surface area contributed by atoms with Gasteiger partial charge in [-0.3, -0.25) is 4.57 Å². The number of ether oxygens (including phenoxy) is 1. The van der Waals surface area contributed by atoms with Gasteiger partial charge in [0.1, 0.15) is 18.1 Å². The second kappa shape index (κ2) is 7.39. The lowest BCUT2D eigenvalue weighted by molar-refractivity contribution is -0.0459. The molecule has 2 unspecified atom stereocenters. The normalized spacial score (nSPS) is 25.9. The van der Waals surface area contributed by atoms with Gasteiger partial charge in [0.05, 0.1) is 12.7 Å². The molecule has 130 valence electrons. The number of nitrogens with two attached hydrogens (primary N) is 1. The number of aliphatic hydroxyl groups excluding tert-OH is 2. The van der Waals surface area contributed by atoms with E-state index in [4.69, 9.17) is 15.6 Å². The molecule has 1 aromatic rings. The Morgan fingerprint density at radius 2 is 2.26 bits per heavy atom. The van der Waals surface area contributed by atoms with Crippen LogP contribution in [0.4, 0.5) is 5.82 Å². The third kappa shape index (κ3) is 4.29. The molecule has 0 radical (unpaired) electrons. The Morgan fingerprint density at radius 1 is 1.57 bits per heavy atom. The fourth-order valence-corrected chi connectivity index (χ4v) is 3.00. The maximum atomic E-state index is 12.1. The Balaban J connectivity index is 2.21. The molecule has 23 heavy (non-hydrogen) atoms. The Morgan fingerprint density at radius 3 is 2.83 bits per heavy atom. The van der Waals surface area contributed by atoms with Crippen LogP contribution in [0, 0.1) is 5.92 Å². The molecule has 0 bridgehead atoms. The van der Waals surface area contributed by atoms with Gasteiger partial charge in [-0.1, -0.05) is 6.92 Å². The highest BCUT2D eigenvalue weighted by molar-refractivity contribution is 5.37. The van der Waals surface area contributed by atoms with E-state index in [0.29, 0.717) is 12.3 Å². The molecule has 0 saturated carbocycles. The van der Waals surface area contributed by atoms with Crippen molar-refractivity contribution in [2.45, 2.75) is 38.2 Å². The van der Waals surface area contributed by atoms with Crippen molar-refractivity contribution in [3.8, 4) is 0 Å². The van der Waals surface area contributed by atoms with E-state index in [1.807, 2.05) is 14.1 Å². The van der Waals surface area contributed by atoms with Crippen LogP contribution >= 0.6 is 0 Å². The first kappa shape index (κ1) is 17.9. The molecule has 1 aromatic heterocycles. The first-order valence-corrected chi connectivity index (χ1v) is 7.78. The first-order valence-electron chi connectivity index (χ1n) is 7.78. The Labute approximate surface area is 135 Å². The fraction of sp³-hybridized carbons (Fsp3) is 0.733. The summed E-state index contributed by atoms with van der Waals surface area (Å²) in [5.41, 5.74) is 6.15. The summed E-state index contributed by atoms with van der Waals surface area (Å²) in [6.07, 6.45) is 0.477. The summed E-state index contributed by atoms with van der Waals surface area (Å²) in [7, 11) is 4.00. The largest absolute Gasteiger partial charge is 0.394 e. The van der Waals surface area contributed by atoms with Crippen molar-refractivity contribution in [3.05, 3.63) is 22.2 Å². The third-order valence-corrected chi connectivity index (χ3v) is 4.00. The zero-order valence-electron chi connectivity index (χ0n) is 13.8. The highest BCUT2D eigenvalue weighted by Gasteiger charge is 2.35. The van der Waals surface area contributed by atoms with Crippen LogP contribution in [-0.4, -0.2) is 64.1 Å². The second-order valence-electron chi connectivity index (χ2n) is 6.53. The van der Waals surface area contributed by atoms with Crippen LogP contribution in [0.2, 0.25) is 0 Å². The smallest absolute Gasteiger partial charge is 0.351 e. The molecule has 0 aliphatic carbocycles. The average Bonchev–Trinajstić information content (AvgIpc) is 2.81. The number of nitrogens with zero attached hydrogens (tertiary/aromatic N) is 3. The minimum atomic E-state index is -0.800. The van der Waals surface area contributed by atoms with Crippen LogP contribution in [-0.2, 0) is 11.2 Å². The van der Waals surface area contributed by atoms with E-state index < -0.39 is 24.1 Å². The molecule has 1 aliphatic heterocycles. The second-order valence-corrected chi connectivity index (χ2v) is 6.53. The van der Waals surface area contributed by atoms with E-state index in [0.717, 1.165) is 12.1 Å². The minimum absolute atomic E-state index is 0.231. The molecule has 1 fully saturated rings. The predicted molar refractivity (Wildman–Crippen MR) is 86.0 cm³/mol. The lowest BCUT2D eigenvalue weighted by Crippen LogP contribution is -2.30. The Hall–Kier alpha value is -1.48. The van der Waals surface area contributed by atoms with Crippen molar-refractivity contribution in [1.82, 2.24) is 14.5 Å². The monoisotopic (exact) mass is 326 g/mol. The van der Waals surface area contributed by atoms with Crippen molar-refractivity contribution in [2.75, 3.05) is 33.0 Å². The molecule has 0 spiro atoms. The van der Waals surface area contributed by atoms with Gasteiger partial charge in [-0.25, -0.2) is 4.79 Å². The lowest BCUT2D eigenvalue weighted by atomic mass is 10.0. The van der Waals surface area contributed by atoms with Gasteiger partial charge in [-0.05, 0) is 26.4 Å². The van der Waals surface area contributed by atoms with Crippen molar-refractivity contribution in [1.29, 1.82) is 0 Å². The highest BCUT2D eigenvalue weighted by atomic mass is 16.5. The maximum absolute atomic E-state index is 12.1. The summed E-state index contributed by atoms with van der Waals surface area (Å²) in [6.45, 7) is 2.71. The average molecular weight is 326 g/mol. The molecule has 4 N–H and O–H groups in total. The van der Waals surface area contributed by atoms with E-state index in [2.05, 4.69) is 16.8 Å². The predicted octanol–water partition coefficient (Wildman–Crippen LogP) is -0.794. The van der Waals surface area contributed by atoms with Crippen LogP contribution in [0.5, 0.6) is 0 Å². The van der Waals surface area contributed by atoms with Crippen molar-refractivity contribution in [2.24, 2.45) is 5.92 Å². The number of aromatic nitrogens is 2. The lowest BCUT2D eigenvalue weighted by Gasteiger charge is -2.19. The maximum Gasteiger partial charge on any atom is 0.351 e. The molecule has 1 saturated heterocycles. The van der Waals surface area contributed by atoms with Crippen LogP contribution in [0.3, 0.4) is 0 Å². The van der Waals surface area contributed by atoms with Gasteiger partial charge in [0.2, 0.25) is 0 Å². The van der Waals surface area contributed by atoms with Gasteiger partial charge in [0.25, 0.3) is 0 Å². The topological polar surface area (TPSA) is 114 Å². The number of hydrogen-bond donors (Lipinski definition) is 3. The van der Waals surface area contributed by atoms with Gasteiger partial charge < -0.3 is 25.6 Å². The molecular weight excluding hydrogens is 300 g/mol. The summed E-state index contributed by atoms with van der Waals surface area (Å²) in [4.78, 5) is 18.0. The molecule has 2 rings (SSSR count). The standard InChI is InChI=1S/C15H26N4O4/c1-9(6-18(2)3)4-10-7-19(15(22)17-14(10)16)13-5-11(21)12(8-20)23-13/h7,9,11-13,20-21H,4-6,8H2,1-3H3,(H2,16,17,22)/t9?,11?,12-,13-/m1/s1. The van der Waals surface area contributed by atoms with Gasteiger partial charge in [-0.2, -0.15) is 4.98 Å². The fourth-order valence-electron chi connectivity index (χ4n) is 3.00. The molecule has 1 aliphatic rings. The number of nitrogen functional groups attached to an aromatic ring is 1. The summed E-state index contributed by atoms with van der Waals surface area (Å²) in [5.74, 6) is 0.578. The van der Waals surface area contributed by atoms with Crippen molar-refractivity contribution in [3.63, 3.8) is 0 Å². The van der Waals surface area contributed by atoms with E-state index in [-0.39, 0.29) is 18.8 Å². The van der Waals surface area contributed by atoms with E-state index in [1.165, 1.54) is 4.57 Å². The summed E-state index contributed by atoms with van der Waals surface area (Å²) in [5, 5.41) is 19.0. The molecule has 0 amide bonds. The van der Waals surface area contributed by atoms with Crippen LogP contribution in [0.15, 0.2) is 11.0 Å². The Kier molecular flexibility index (Phi) is 5.74. The van der Waals surface area contributed by atoms with Crippen molar-refractivity contribution >= 4 is 5.82 Å². The minimum Gasteiger partial charge on any atom is -0.394 e. The van der Waals surface area contributed by atoms with Crippen LogP contribution in [0.1, 0.15) is 25.1 Å². The first-order chi connectivity index (χ1) is 10.8. The number of aliphatic hydroxyl groups is 2. The molecule has 4 atom stereocenters. The Bertz CT molecular complexity index is 589. The number of hydrogen-bond acceptors (Lipinski definition) is 7. The number of rotatable bonds is 6. The molecule has 8 nitrogen and oxygen atoms in total. The van der Waals surface area contributed by atoms with Crippen LogP contribution in [0.25, 0.3) is 0 Å². The zero-order chi connectivity index (χ0) is 17.1. The van der Waals surface area contributed by atoms with Gasteiger partial charge in [0, 0.05) is 24.7 Å². The SMILES string of the molecule is CC(Cc1cn([C@H]2CC(O)[C@@H](CO)O2)c(=O)nc1N)CN(C)C. The molecule has 0 aromatic carbocycles. The third-order valence-electron chi connectivity index (χ3n) is 4.00. The zero-order valence-corrected chi connectivity index (χ0v) is 13.8. The van der Waals surface area contributed by atoms with Gasteiger partial charge in [-0.15, -0.1) is 0 Å². The summed E-state index contributed by atoms with van der Waals surface area (Å²) < 4.78 is 6.88. The quantitative estimate of drug-likeness (QED) is 0.627. The van der Waals surface area contributed by atoms with Crippen LogP contribution < -0.4 is 11.4 Å². The van der Waals surface area contributed by atoms with E-state index in [9.17, 15) is 9.90 Å². The van der Waals surface area contributed by atoms with E-state index >= 15 is 0 Å². The highest BCUT2D eigenvalue weighted by Crippen LogP contribution is 2.28. The molecule has 8 heteroatoms. The summed E-state index contributed by atoms with van der Waals surface area (Å²) >= 11 is 0. The van der Waals surface area contributed by atoms with E-state index in [1.54, 1.807) is 6.20 Å². The summed E-state index contributed by atoms with van der Waals surface area (Å²) in [6, 6.07) is 0. The van der Waals surface area contributed by atoms with Gasteiger partial charge >= 0.3 is 5.69 Å². The molecule has 2 heterocycles. The molecular formula is C15H26N4O4. The van der Waals surface area contributed by atoms with Crippen molar-refractivity contribution < 1.29 is 14.9 Å². The van der Waals surface area contributed by atoms with Gasteiger partial charge in [0.15, 0.2) is 0 Å². The number of anilines is 1.